The number of nitrogens with zero attached hydrogens (tertiary/aromatic N) is 1. The summed E-state index contributed by atoms with van der Waals surface area (Å²) in [6.45, 7) is 1.32. The molecule has 2 rings (SSSR count). The monoisotopic (exact) mass is 364 g/mol. The normalized spacial score (nSPS) is 11.4. The molecule has 0 radical (unpaired) electrons. The molecular weight excluding hydrogens is 348 g/mol. The zero-order chi connectivity index (χ0) is 18.4. The molecule has 0 aliphatic heterocycles. The summed E-state index contributed by atoms with van der Waals surface area (Å²) in [5.41, 5.74) is -0.390. The predicted molar refractivity (Wildman–Crippen MR) is 90.8 cm³/mol. The van der Waals surface area contributed by atoms with E-state index in [1.54, 1.807) is 0 Å². The van der Waals surface area contributed by atoms with E-state index in [1.165, 1.54) is 30.6 Å². The first-order chi connectivity index (χ1) is 11.9. The van der Waals surface area contributed by atoms with Gasteiger partial charge >= 0.3 is 5.97 Å². The fourth-order valence-electron chi connectivity index (χ4n) is 2.07. The van der Waals surface area contributed by atoms with Gasteiger partial charge in [-0.05, 0) is 24.4 Å². The molecule has 132 valence electrons. The Morgan fingerprint density at radius 1 is 1.36 bits per heavy atom. The number of methoxy groups -OCH3 is 1. The van der Waals surface area contributed by atoms with Gasteiger partial charge in [0.15, 0.2) is 6.61 Å². The smallest absolute Gasteiger partial charge is 0.342 e. The molecule has 1 heterocycles. The van der Waals surface area contributed by atoms with Crippen LogP contribution < -0.4 is 10.1 Å². The molecule has 1 atom stereocenters. The van der Waals surface area contributed by atoms with Crippen LogP contribution in [0.2, 0.25) is 0 Å². The Morgan fingerprint density at radius 2 is 2.12 bits per heavy atom. The molecule has 0 aliphatic rings. The molecule has 1 aromatic heterocycles. The van der Waals surface area contributed by atoms with Crippen LogP contribution in [-0.2, 0) is 9.53 Å². The maximum atomic E-state index is 12.1. The Morgan fingerprint density at radius 3 is 2.72 bits per heavy atom. The number of thiophene rings is 1. The van der Waals surface area contributed by atoms with Gasteiger partial charge in [-0.25, -0.2) is 4.79 Å². The van der Waals surface area contributed by atoms with Crippen molar-refractivity contribution in [1.29, 1.82) is 0 Å². The number of benzene rings is 1. The van der Waals surface area contributed by atoms with Gasteiger partial charge < -0.3 is 14.8 Å². The lowest BCUT2D eigenvalue weighted by Gasteiger charge is -2.13. The number of nitro groups is 1. The van der Waals surface area contributed by atoms with Crippen molar-refractivity contribution in [2.45, 2.75) is 13.0 Å². The Kier molecular flexibility index (Phi) is 6.07. The molecule has 0 fully saturated rings. The van der Waals surface area contributed by atoms with Gasteiger partial charge in [0, 0.05) is 17.0 Å². The quantitative estimate of drug-likeness (QED) is 0.460. The van der Waals surface area contributed by atoms with Crippen molar-refractivity contribution in [1.82, 2.24) is 5.32 Å². The maximum absolute atomic E-state index is 12.1. The number of hydrogen-bond donors (Lipinski definition) is 1. The second-order valence-corrected chi connectivity index (χ2v) is 6.00. The number of ether oxygens (including phenoxy) is 2. The van der Waals surface area contributed by atoms with Gasteiger partial charge in [-0.15, -0.1) is 11.3 Å². The summed E-state index contributed by atoms with van der Waals surface area (Å²) < 4.78 is 9.93. The molecule has 1 amide bonds. The van der Waals surface area contributed by atoms with Crippen molar-refractivity contribution in [2.24, 2.45) is 0 Å². The first kappa shape index (κ1) is 18.4. The predicted octanol–water partition coefficient (Wildman–Crippen LogP) is 2.70. The minimum absolute atomic E-state index is 0.115. The molecule has 9 heteroatoms. The number of amides is 1. The van der Waals surface area contributed by atoms with Crippen LogP contribution in [-0.4, -0.2) is 30.5 Å². The lowest BCUT2D eigenvalue weighted by atomic mass is 10.2. The number of hydrogen-bond acceptors (Lipinski definition) is 7. The largest absolute Gasteiger partial charge is 0.496 e. The van der Waals surface area contributed by atoms with E-state index in [9.17, 15) is 19.7 Å². The summed E-state index contributed by atoms with van der Waals surface area (Å²) in [5, 5.41) is 15.4. The summed E-state index contributed by atoms with van der Waals surface area (Å²) in [5.74, 6) is -1.22. The molecule has 0 unspecified atom stereocenters. The van der Waals surface area contributed by atoms with E-state index >= 15 is 0 Å². The second kappa shape index (κ2) is 8.25. The fourth-order valence-corrected chi connectivity index (χ4v) is 2.80. The van der Waals surface area contributed by atoms with Crippen molar-refractivity contribution in [3.8, 4) is 5.75 Å². The third-order valence-corrected chi connectivity index (χ3v) is 4.35. The summed E-state index contributed by atoms with van der Waals surface area (Å²) in [7, 11) is 1.33. The highest BCUT2D eigenvalue weighted by molar-refractivity contribution is 7.10. The number of nitro benzene ring substituents is 1. The van der Waals surface area contributed by atoms with Gasteiger partial charge in [-0.1, -0.05) is 6.07 Å². The van der Waals surface area contributed by atoms with E-state index in [0.29, 0.717) is 0 Å². The molecule has 0 spiro atoms. The molecule has 0 saturated carbocycles. The van der Waals surface area contributed by atoms with Gasteiger partial charge in [0.05, 0.1) is 18.1 Å². The highest BCUT2D eigenvalue weighted by Gasteiger charge is 2.20. The standard InChI is InChI=1S/C16H16N2O6S/c1-10(14-4-3-7-25-14)17-15(19)9-24-16(20)12-8-11(18(21)22)5-6-13(12)23-2/h3-8,10H,9H2,1-2H3,(H,17,19)/t10-/m0/s1. The van der Waals surface area contributed by atoms with Gasteiger partial charge in [0.25, 0.3) is 11.6 Å². The van der Waals surface area contributed by atoms with Crippen LogP contribution in [0.3, 0.4) is 0 Å². The third kappa shape index (κ3) is 4.77. The molecule has 2 aromatic rings. The Balaban J connectivity index is 1.98. The number of rotatable bonds is 7. The molecule has 0 aliphatic carbocycles. The topological polar surface area (TPSA) is 108 Å². The average Bonchev–Trinajstić information content (AvgIpc) is 3.13. The lowest BCUT2D eigenvalue weighted by Crippen LogP contribution is -2.30. The summed E-state index contributed by atoms with van der Waals surface area (Å²) in [4.78, 5) is 35.2. The van der Waals surface area contributed by atoms with Crippen LogP contribution in [0.5, 0.6) is 5.75 Å². The van der Waals surface area contributed by atoms with Gasteiger partial charge in [-0.2, -0.15) is 0 Å². The van der Waals surface area contributed by atoms with E-state index in [0.717, 1.165) is 10.9 Å². The molecule has 0 bridgehead atoms. The Bertz CT molecular complexity index is 775. The van der Waals surface area contributed by atoms with Crippen molar-refractivity contribution in [2.75, 3.05) is 13.7 Å². The minimum atomic E-state index is -0.875. The average molecular weight is 364 g/mol. The van der Waals surface area contributed by atoms with Crippen LogP contribution in [0, 0.1) is 10.1 Å². The number of esters is 1. The first-order valence-corrected chi connectivity index (χ1v) is 8.12. The van der Waals surface area contributed by atoms with Crippen LogP contribution >= 0.6 is 11.3 Å². The summed E-state index contributed by atoms with van der Waals surface area (Å²) >= 11 is 1.50. The molecular formula is C16H16N2O6S. The summed E-state index contributed by atoms with van der Waals surface area (Å²) in [6, 6.07) is 7.11. The number of carbonyl (C=O) groups is 2. The highest BCUT2D eigenvalue weighted by Crippen LogP contribution is 2.24. The van der Waals surface area contributed by atoms with Crippen molar-refractivity contribution >= 4 is 28.9 Å². The molecule has 25 heavy (non-hydrogen) atoms. The van der Waals surface area contributed by atoms with Gasteiger partial charge in [0.2, 0.25) is 0 Å². The first-order valence-electron chi connectivity index (χ1n) is 7.24. The van der Waals surface area contributed by atoms with E-state index in [4.69, 9.17) is 9.47 Å². The molecule has 1 N–H and O–H groups in total. The highest BCUT2D eigenvalue weighted by atomic mass is 32.1. The Labute approximate surface area is 147 Å². The van der Waals surface area contributed by atoms with Crippen LogP contribution in [0.25, 0.3) is 0 Å². The molecule has 1 aromatic carbocycles. The Hall–Kier alpha value is -2.94. The molecule has 0 saturated heterocycles. The van der Waals surface area contributed by atoms with Crippen LogP contribution in [0.1, 0.15) is 28.2 Å². The van der Waals surface area contributed by atoms with E-state index < -0.39 is 23.4 Å². The maximum Gasteiger partial charge on any atom is 0.342 e. The van der Waals surface area contributed by atoms with E-state index in [2.05, 4.69) is 5.32 Å². The SMILES string of the molecule is COc1ccc([N+](=O)[O-])cc1C(=O)OCC(=O)N[C@@H](C)c1cccs1. The van der Waals surface area contributed by atoms with Crippen LogP contribution in [0.4, 0.5) is 5.69 Å². The zero-order valence-electron chi connectivity index (χ0n) is 13.6. The van der Waals surface area contributed by atoms with Gasteiger partial charge in [0.1, 0.15) is 11.3 Å². The minimum Gasteiger partial charge on any atom is -0.496 e. The summed E-state index contributed by atoms with van der Waals surface area (Å²) in [6.07, 6.45) is 0. The van der Waals surface area contributed by atoms with Crippen molar-refractivity contribution in [3.05, 3.63) is 56.3 Å². The fraction of sp³-hybridized carbons (Fsp3) is 0.250. The molecule has 8 nitrogen and oxygen atoms in total. The second-order valence-electron chi connectivity index (χ2n) is 5.02. The van der Waals surface area contributed by atoms with Crippen molar-refractivity contribution < 1.29 is 24.0 Å². The number of carbonyl (C=O) groups excluding carboxylic acids is 2. The zero-order valence-corrected chi connectivity index (χ0v) is 14.4. The van der Waals surface area contributed by atoms with Crippen LogP contribution in [0.15, 0.2) is 35.7 Å². The van der Waals surface area contributed by atoms with E-state index in [-0.39, 0.29) is 23.0 Å². The lowest BCUT2D eigenvalue weighted by molar-refractivity contribution is -0.384. The number of nitrogens with one attached hydrogen (secondary N) is 1. The van der Waals surface area contributed by atoms with E-state index in [1.807, 2.05) is 24.4 Å². The third-order valence-electron chi connectivity index (χ3n) is 3.30. The van der Waals surface area contributed by atoms with Crippen molar-refractivity contribution in [3.63, 3.8) is 0 Å². The number of non-ortho nitro benzene ring substituents is 1. The van der Waals surface area contributed by atoms with Gasteiger partial charge in [-0.3, -0.25) is 14.9 Å².